The number of rotatable bonds is 8. The van der Waals surface area contributed by atoms with Gasteiger partial charge in [0.2, 0.25) is 0 Å². The van der Waals surface area contributed by atoms with Crippen molar-refractivity contribution in [2.75, 3.05) is 75.8 Å². The number of hydrogen-bond donors (Lipinski definition) is 2. The Hall–Kier alpha value is -3.17. The van der Waals surface area contributed by atoms with Crippen LogP contribution in [0.1, 0.15) is 34.6 Å². The Morgan fingerprint density at radius 3 is 2.34 bits per heavy atom. The van der Waals surface area contributed by atoms with Crippen molar-refractivity contribution in [3.8, 4) is 0 Å². The van der Waals surface area contributed by atoms with E-state index in [9.17, 15) is 9.59 Å². The van der Waals surface area contributed by atoms with Crippen molar-refractivity contribution in [2.24, 2.45) is 0 Å². The number of hydrogen-bond acceptors (Lipinski definition) is 7. The van der Waals surface area contributed by atoms with Gasteiger partial charge in [-0.25, -0.2) is 4.98 Å². The van der Waals surface area contributed by atoms with Crippen LogP contribution in [-0.4, -0.2) is 98.2 Å². The van der Waals surface area contributed by atoms with Crippen LogP contribution in [0.3, 0.4) is 0 Å². The largest absolute Gasteiger partial charge is 0.380 e. The monoisotopic (exact) mass is 480 g/mol. The summed E-state index contributed by atoms with van der Waals surface area (Å²) in [7, 11) is 0. The maximum absolute atomic E-state index is 13.0. The van der Waals surface area contributed by atoms with Crippen LogP contribution in [-0.2, 0) is 4.74 Å². The summed E-state index contributed by atoms with van der Waals surface area (Å²) in [5.41, 5.74) is 2.18. The first-order chi connectivity index (χ1) is 17.0. The van der Waals surface area contributed by atoms with Gasteiger partial charge < -0.3 is 25.2 Å². The van der Waals surface area contributed by atoms with Gasteiger partial charge in [0, 0.05) is 75.7 Å². The molecular formula is C26H36N6O3. The smallest absolute Gasteiger partial charge is 0.253 e. The van der Waals surface area contributed by atoms with E-state index in [4.69, 9.17) is 4.74 Å². The van der Waals surface area contributed by atoms with E-state index in [2.05, 4.69) is 39.3 Å². The van der Waals surface area contributed by atoms with Crippen molar-refractivity contribution < 1.29 is 14.3 Å². The molecule has 1 aromatic heterocycles. The number of benzene rings is 1. The van der Waals surface area contributed by atoms with Crippen LogP contribution in [0, 0.1) is 0 Å². The molecule has 2 fully saturated rings. The van der Waals surface area contributed by atoms with Crippen molar-refractivity contribution in [3.63, 3.8) is 0 Å². The number of morpholine rings is 1. The summed E-state index contributed by atoms with van der Waals surface area (Å²) in [4.78, 5) is 36.5. The highest BCUT2D eigenvalue weighted by atomic mass is 16.5. The molecule has 9 heteroatoms. The molecule has 0 atom stereocenters. The highest BCUT2D eigenvalue weighted by Crippen LogP contribution is 2.25. The summed E-state index contributed by atoms with van der Waals surface area (Å²) in [6.45, 7) is 11.6. The fourth-order valence-corrected chi connectivity index (χ4v) is 4.40. The number of nitrogens with zero attached hydrogens (tertiary/aromatic N) is 4. The standard InChI is InChI=1S/C26H36N6O3/c1-20(2)29-23-4-3-9-27-24(23)31-12-14-32(15-13-31)26(34)22-7-5-21(6-8-22)25(33)28-10-11-30-16-18-35-19-17-30/h3-9,20,29H,10-19H2,1-2H3,(H,28,33). The minimum atomic E-state index is -0.118. The van der Waals surface area contributed by atoms with Gasteiger partial charge in [0.05, 0.1) is 18.9 Å². The molecule has 4 rings (SSSR count). The van der Waals surface area contributed by atoms with Crippen LogP contribution in [0.2, 0.25) is 0 Å². The lowest BCUT2D eigenvalue weighted by Gasteiger charge is -2.36. The molecule has 2 amide bonds. The Morgan fingerprint density at radius 1 is 0.971 bits per heavy atom. The molecule has 2 aliphatic heterocycles. The second-order valence-corrected chi connectivity index (χ2v) is 9.24. The molecule has 35 heavy (non-hydrogen) atoms. The molecule has 0 unspecified atom stereocenters. The number of carbonyl (C=O) groups excluding carboxylic acids is 2. The van der Waals surface area contributed by atoms with Crippen molar-refractivity contribution in [1.29, 1.82) is 0 Å². The predicted octanol–water partition coefficient (Wildman–Crippen LogP) is 1.93. The van der Waals surface area contributed by atoms with Crippen LogP contribution in [0.5, 0.6) is 0 Å². The van der Waals surface area contributed by atoms with E-state index >= 15 is 0 Å². The molecule has 2 aliphatic rings. The number of nitrogens with one attached hydrogen (secondary N) is 2. The number of aromatic nitrogens is 1. The Morgan fingerprint density at radius 2 is 1.66 bits per heavy atom. The van der Waals surface area contributed by atoms with Crippen LogP contribution in [0.4, 0.5) is 11.5 Å². The minimum Gasteiger partial charge on any atom is -0.380 e. The lowest BCUT2D eigenvalue weighted by Crippen LogP contribution is -2.49. The molecular weight excluding hydrogens is 444 g/mol. The van der Waals surface area contributed by atoms with E-state index in [1.807, 2.05) is 17.0 Å². The predicted molar refractivity (Wildman–Crippen MR) is 137 cm³/mol. The molecule has 2 N–H and O–H groups in total. The third kappa shape index (κ3) is 6.70. The Labute approximate surface area is 207 Å². The Balaban J connectivity index is 1.27. The number of piperazine rings is 1. The third-order valence-corrected chi connectivity index (χ3v) is 6.31. The summed E-state index contributed by atoms with van der Waals surface area (Å²) in [6.07, 6.45) is 1.80. The molecule has 0 saturated carbocycles. The third-order valence-electron chi connectivity index (χ3n) is 6.31. The summed E-state index contributed by atoms with van der Waals surface area (Å²) in [5, 5.41) is 6.41. The maximum atomic E-state index is 13.0. The fourth-order valence-electron chi connectivity index (χ4n) is 4.40. The molecule has 0 spiro atoms. The van der Waals surface area contributed by atoms with Crippen molar-refractivity contribution in [2.45, 2.75) is 19.9 Å². The Kier molecular flexibility index (Phi) is 8.54. The van der Waals surface area contributed by atoms with Crippen LogP contribution in [0.15, 0.2) is 42.6 Å². The van der Waals surface area contributed by atoms with Gasteiger partial charge in [0.25, 0.3) is 11.8 Å². The molecule has 1 aromatic carbocycles. The summed E-state index contributed by atoms with van der Waals surface area (Å²) >= 11 is 0. The number of ether oxygens (including phenoxy) is 1. The average molecular weight is 481 g/mol. The lowest BCUT2D eigenvalue weighted by molar-refractivity contribution is 0.0383. The molecule has 3 heterocycles. The molecule has 9 nitrogen and oxygen atoms in total. The number of pyridine rings is 1. The highest BCUT2D eigenvalue weighted by molar-refractivity contribution is 5.98. The van der Waals surface area contributed by atoms with Crippen LogP contribution >= 0.6 is 0 Å². The van der Waals surface area contributed by atoms with Gasteiger partial charge in [-0.3, -0.25) is 14.5 Å². The number of anilines is 2. The normalized spacial score (nSPS) is 16.9. The van der Waals surface area contributed by atoms with Crippen molar-refractivity contribution in [3.05, 3.63) is 53.7 Å². The minimum absolute atomic E-state index is 0.00882. The van der Waals surface area contributed by atoms with E-state index in [1.165, 1.54) is 0 Å². The molecule has 0 bridgehead atoms. The second-order valence-electron chi connectivity index (χ2n) is 9.24. The first-order valence-corrected chi connectivity index (χ1v) is 12.5. The Bertz CT molecular complexity index is 983. The van der Waals surface area contributed by atoms with Crippen molar-refractivity contribution in [1.82, 2.24) is 20.1 Å². The van der Waals surface area contributed by atoms with Gasteiger partial charge in [-0.2, -0.15) is 0 Å². The average Bonchev–Trinajstić information content (AvgIpc) is 2.89. The lowest BCUT2D eigenvalue weighted by atomic mass is 10.1. The van der Waals surface area contributed by atoms with Gasteiger partial charge in [0.15, 0.2) is 5.82 Å². The van der Waals surface area contributed by atoms with Gasteiger partial charge in [-0.1, -0.05) is 0 Å². The fraction of sp³-hybridized carbons (Fsp3) is 0.500. The molecule has 2 saturated heterocycles. The quantitative estimate of drug-likeness (QED) is 0.597. The van der Waals surface area contributed by atoms with Crippen LogP contribution < -0.4 is 15.5 Å². The summed E-state index contributed by atoms with van der Waals surface area (Å²) < 4.78 is 5.35. The maximum Gasteiger partial charge on any atom is 0.253 e. The zero-order valence-corrected chi connectivity index (χ0v) is 20.7. The highest BCUT2D eigenvalue weighted by Gasteiger charge is 2.24. The second kappa shape index (κ2) is 12.0. The van der Waals surface area contributed by atoms with E-state index in [1.54, 1.807) is 30.5 Å². The molecule has 2 aromatic rings. The zero-order chi connectivity index (χ0) is 24.6. The first kappa shape index (κ1) is 24.9. The molecule has 0 aliphatic carbocycles. The van der Waals surface area contributed by atoms with Gasteiger partial charge in [-0.15, -0.1) is 0 Å². The van der Waals surface area contributed by atoms with Gasteiger partial charge in [-0.05, 0) is 50.2 Å². The van der Waals surface area contributed by atoms with E-state index in [-0.39, 0.29) is 11.8 Å². The SMILES string of the molecule is CC(C)Nc1cccnc1N1CCN(C(=O)c2ccc(C(=O)NCCN3CCOCC3)cc2)CC1. The molecule has 0 radical (unpaired) electrons. The van der Waals surface area contributed by atoms with Gasteiger partial charge in [0.1, 0.15) is 0 Å². The van der Waals surface area contributed by atoms with E-state index in [0.29, 0.717) is 36.8 Å². The van der Waals surface area contributed by atoms with Crippen molar-refractivity contribution >= 4 is 23.3 Å². The van der Waals surface area contributed by atoms with E-state index < -0.39 is 0 Å². The van der Waals surface area contributed by atoms with Gasteiger partial charge >= 0.3 is 0 Å². The molecule has 188 valence electrons. The first-order valence-electron chi connectivity index (χ1n) is 12.5. The summed E-state index contributed by atoms with van der Waals surface area (Å²) in [6, 6.07) is 11.2. The zero-order valence-electron chi connectivity index (χ0n) is 20.7. The number of carbonyl (C=O) groups is 2. The summed E-state index contributed by atoms with van der Waals surface area (Å²) in [5.74, 6) is 0.801. The topological polar surface area (TPSA) is 90.0 Å². The van der Waals surface area contributed by atoms with E-state index in [0.717, 1.165) is 57.4 Å². The van der Waals surface area contributed by atoms with Crippen LogP contribution in [0.25, 0.3) is 0 Å². The number of amides is 2.